The van der Waals surface area contributed by atoms with Gasteiger partial charge in [-0.2, -0.15) is 0 Å². The number of aromatic nitrogens is 2. The summed E-state index contributed by atoms with van der Waals surface area (Å²) in [6.45, 7) is 1.42. The van der Waals surface area contributed by atoms with Crippen LogP contribution in [0.15, 0.2) is 30.5 Å². The average molecular weight is 282 g/mol. The highest BCUT2D eigenvalue weighted by Crippen LogP contribution is 2.14. The van der Waals surface area contributed by atoms with E-state index in [1.165, 1.54) is 14.0 Å². The van der Waals surface area contributed by atoms with E-state index >= 15 is 0 Å². The van der Waals surface area contributed by atoms with Gasteiger partial charge >= 0.3 is 0 Å². The molecular weight excluding hydrogens is 268 g/mol. The number of nitrogens with zero attached hydrogens (tertiary/aromatic N) is 2. The summed E-state index contributed by atoms with van der Waals surface area (Å²) in [6.07, 6.45) is 1.57. The van der Waals surface area contributed by atoms with Crippen molar-refractivity contribution < 1.29 is 9.53 Å². The van der Waals surface area contributed by atoms with Gasteiger partial charge in [0.05, 0.1) is 12.8 Å². The first-order valence-electron chi connectivity index (χ1n) is 6.14. The summed E-state index contributed by atoms with van der Waals surface area (Å²) in [6, 6.07) is 6.76. The number of carbonyl (C=O) groups excluding carboxylic acids is 1. The van der Waals surface area contributed by atoms with Crippen LogP contribution in [0.4, 0.5) is 11.5 Å². The van der Waals surface area contributed by atoms with E-state index in [1.54, 1.807) is 30.5 Å². The van der Waals surface area contributed by atoms with Crippen molar-refractivity contribution in [2.24, 2.45) is 0 Å². The molecule has 0 aliphatic rings. The number of ether oxygens (including phenoxy) is 1. The van der Waals surface area contributed by atoms with Crippen molar-refractivity contribution in [3.63, 3.8) is 0 Å². The molecule has 0 aliphatic carbocycles. The molecule has 106 valence electrons. The van der Waals surface area contributed by atoms with Crippen LogP contribution in [0, 0.1) is 11.8 Å². The molecule has 0 atom stereocenters. The Bertz CT molecular complexity index is 732. The summed E-state index contributed by atoms with van der Waals surface area (Å²) in [7, 11) is 1.53. The molecule has 0 radical (unpaired) electrons. The zero-order valence-electron chi connectivity index (χ0n) is 11.7. The highest BCUT2D eigenvalue weighted by atomic mass is 16.5. The number of nitrogens with two attached hydrogens (primary N) is 1. The lowest BCUT2D eigenvalue weighted by Crippen LogP contribution is -2.07. The molecule has 0 spiro atoms. The van der Waals surface area contributed by atoms with Gasteiger partial charge < -0.3 is 15.8 Å². The predicted molar refractivity (Wildman–Crippen MR) is 79.7 cm³/mol. The maximum atomic E-state index is 11.0. The van der Waals surface area contributed by atoms with Gasteiger partial charge in [0.1, 0.15) is 11.5 Å². The van der Waals surface area contributed by atoms with Crippen LogP contribution in [0.5, 0.6) is 5.88 Å². The van der Waals surface area contributed by atoms with Crippen LogP contribution in [-0.4, -0.2) is 23.0 Å². The largest absolute Gasteiger partial charge is 0.481 e. The molecule has 0 aliphatic heterocycles. The first-order valence-corrected chi connectivity index (χ1v) is 6.14. The van der Waals surface area contributed by atoms with Gasteiger partial charge in [-0.25, -0.2) is 9.97 Å². The van der Waals surface area contributed by atoms with Crippen molar-refractivity contribution in [1.82, 2.24) is 9.97 Å². The number of methoxy groups -OCH3 is 1. The SMILES string of the molecule is COc1ccc(N)c(C#Cc2ccnc(NC(C)=O)c2)n1. The van der Waals surface area contributed by atoms with Crippen LogP contribution in [0.2, 0.25) is 0 Å². The third-order valence-corrected chi connectivity index (χ3v) is 2.50. The summed E-state index contributed by atoms with van der Waals surface area (Å²) >= 11 is 0. The van der Waals surface area contributed by atoms with E-state index in [2.05, 4.69) is 27.1 Å². The molecule has 21 heavy (non-hydrogen) atoms. The number of amides is 1. The molecule has 0 fully saturated rings. The number of hydrogen-bond acceptors (Lipinski definition) is 5. The van der Waals surface area contributed by atoms with Crippen LogP contribution < -0.4 is 15.8 Å². The van der Waals surface area contributed by atoms with Gasteiger partial charge in [0.25, 0.3) is 0 Å². The smallest absolute Gasteiger partial charge is 0.222 e. The maximum absolute atomic E-state index is 11.0. The molecule has 0 saturated carbocycles. The third kappa shape index (κ3) is 3.94. The van der Waals surface area contributed by atoms with E-state index in [4.69, 9.17) is 10.5 Å². The van der Waals surface area contributed by atoms with Crippen molar-refractivity contribution in [2.75, 3.05) is 18.2 Å². The molecular formula is C15H14N4O2. The van der Waals surface area contributed by atoms with Crippen LogP contribution in [0.25, 0.3) is 0 Å². The van der Waals surface area contributed by atoms with Gasteiger partial charge in [-0.3, -0.25) is 4.79 Å². The van der Waals surface area contributed by atoms with E-state index in [-0.39, 0.29) is 5.91 Å². The average Bonchev–Trinajstić information content (AvgIpc) is 2.46. The van der Waals surface area contributed by atoms with Crippen LogP contribution >= 0.6 is 0 Å². The first kappa shape index (κ1) is 14.3. The van der Waals surface area contributed by atoms with Gasteiger partial charge in [-0.05, 0) is 24.1 Å². The molecule has 3 N–H and O–H groups in total. The minimum absolute atomic E-state index is 0.189. The maximum Gasteiger partial charge on any atom is 0.222 e. The number of pyridine rings is 2. The minimum atomic E-state index is -0.189. The third-order valence-electron chi connectivity index (χ3n) is 2.50. The van der Waals surface area contributed by atoms with Gasteiger partial charge in [-0.15, -0.1) is 0 Å². The van der Waals surface area contributed by atoms with Crippen LogP contribution in [0.3, 0.4) is 0 Å². The molecule has 0 unspecified atom stereocenters. The lowest BCUT2D eigenvalue weighted by atomic mass is 10.2. The Kier molecular flexibility index (Phi) is 4.36. The van der Waals surface area contributed by atoms with Gasteiger partial charge in [0.15, 0.2) is 0 Å². The quantitative estimate of drug-likeness (QED) is 0.813. The molecule has 2 rings (SSSR count). The molecule has 0 aromatic carbocycles. The monoisotopic (exact) mass is 282 g/mol. The standard InChI is InChI=1S/C15H14N4O2/c1-10(20)18-14-9-11(7-8-17-14)3-5-13-12(16)4-6-15(19-13)21-2/h4,6-9H,16H2,1-2H3,(H,17,18,20). The molecule has 2 heterocycles. The fourth-order valence-corrected chi connectivity index (χ4v) is 1.55. The molecule has 1 amide bonds. The van der Waals surface area contributed by atoms with E-state index in [0.29, 0.717) is 28.6 Å². The first-order chi connectivity index (χ1) is 10.1. The van der Waals surface area contributed by atoms with Crippen molar-refractivity contribution >= 4 is 17.4 Å². The molecule has 6 heteroatoms. The second kappa shape index (κ2) is 6.39. The summed E-state index contributed by atoms with van der Waals surface area (Å²) in [5.74, 6) is 6.51. The van der Waals surface area contributed by atoms with Crippen LogP contribution in [0.1, 0.15) is 18.2 Å². The van der Waals surface area contributed by atoms with E-state index in [1.807, 2.05) is 0 Å². The van der Waals surface area contributed by atoms with E-state index < -0.39 is 0 Å². The Morgan fingerprint density at radius 3 is 2.86 bits per heavy atom. The Morgan fingerprint density at radius 1 is 1.33 bits per heavy atom. The second-order valence-corrected chi connectivity index (χ2v) is 4.15. The van der Waals surface area contributed by atoms with E-state index in [9.17, 15) is 4.79 Å². The van der Waals surface area contributed by atoms with E-state index in [0.717, 1.165) is 0 Å². The Morgan fingerprint density at radius 2 is 2.14 bits per heavy atom. The number of nitrogen functional groups attached to an aromatic ring is 1. The molecule has 2 aromatic heterocycles. The van der Waals surface area contributed by atoms with Crippen LogP contribution in [-0.2, 0) is 4.79 Å². The lowest BCUT2D eigenvalue weighted by molar-refractivity contribution is -0.114. The fourth-order valence-electron chi connectivity index (χ4n) is 1.55. The fraction of sp³-hybridized carbons (Fsp3) is 0.133. The highest BCUT2D eigenvalue weighted by molar-refractivity contribution is 5.87. The summed E-state index contributed by atoms with van der Waals surface area (Å²) in [5, 5.41) is 2.59. The summed E-state index contributed by atoms with van der Waals surface area (Å²) < 4.78 is 5.03. The van der Waals surface area contributed by atoms with Crippen molar-refractivity contribution in [3.8, 4) is 17.7 Å². The zero-order chi connectivity index (χ0) is 15.2. The highest BCUT2D eigenvalue weighted by Gasteiger charge is 2.01. The lowest BCUT2D eigenvalue weighted by Gasteiger charge is -2.01. The topological polar surface area (TPSA) is 90.1 Å². The molecule has 0 bridgehead atoms. The van der Waals surface area contributed by atoms with Gasteiger partial charge in [0, 0.05) is 24.8 Å². The minimum Gasteiger partial charge on any atom is -0.481 e. The number of hydrogen-bond donors (Lipinski definition) is 2. The zero-order valence-corrected chi connectivity index (χ0v) is 11.7. The molecule has 0 saturated heterocycles. The van der Waals surface area contributed by atoms with Crippen molar-refractivity contribution in [2.45, 2.75) is 6.92 Å². The van der Waals surface area contributed by atoms with Gasteiger partial charge in [0.2, 0.25) is 11.8 Å². The van der Waals surface area contributed by atoms with Crippen molar-refractivity contribution in [1.29, 1.82) is 0 Å². The van der Waals surface area contributed by atoms with Gasteiger partial charge in [-0.1, -0.05) is 5.92 Å². The number of nitrogens with one attached hydrogen (secondary N) is 1. The number of carbonyl (C=O) groups is 1. The Labute approximate surface area is 122 Å². The summed E-state index contributed by atoms with van der Waals surface area (Å²) in [5.41, 5.74) is 7.42. The Hall–Kier alpha value is -3.07. The summed E-state index contributed by atoms with van der Waals surface area (Å²) in [4.78, 5) is 19.2. The number of anilines is 2. The predicted octanol–water partition coefficient (Wildman–Crippen LogP) is 1.43. The van der Waals surface area contributed by atoms with Crippen molar-refractivity contribution in [3.05, 3.63) is 41.7 Å². The molecule has 6 nitrogen and oxygen atoms in total. The normalized spacial score (nSPS) is 9.43. The second-order valence-electron chi connectivity index (χ2n) is 4.15. The number of rotatable bonds is 2. The Balaban J connectivity index is 2.28. The molecule has 2 aromatic rings.